The standard InChI is InChI=1S/C10H9F3.U/c11-10(12,13)5-3-8-2-1-4-9(8)6-7-9;/h3H,1,4,6-7H2;/q-2;+2. The van der Waals surface area contributed by atoms with Crippen LogP contribution in [0.3, 0.4) is 0 Å². The fourth-order valence-corrected chi connectivity index (χ4v) is 1.79. The van der Waals surface area contributed by atoms with Crippen LogP contribution in [0.25, 0.3) is 0 Å². The molecule has 1 saturated carbocycles. The Balaban J connectivity index is 0.000000980. The summed E-state index contributed by atoms with van der Waals surface area (Å²) < 4.78 is 35.4. The molecule has 0 nitrogen and oxygen atoms in total. The minimum Gasteiger partial charge on any atom is -0.379 e. The molecule has 2 aliphatic rings. The van der Waals surface area contributed by atoms with E-state index < -0.39 is 6.18 Å². The Morgan fingerprint density at radius 3 is 2.43 bits per heavy atom. The van der Waals surface area contributed by atoms with Crippen molar-refractivity contribution in [1.82, 2.24) is 0 Å². The van der Waals surface area contributed by atoms with E-state index in [0.29, 0.717) is 0 Å². The molecule has 0 radical (unpaired) electrons. The van der Waals surface area contributed by atoms with Gasteiger partial charge < -0.3 is 17.7 Å². The maximum atomic E-state index is 11.8. The molecule has 0 saturated heterocycles. The van der Waals surface area contributed by atoms with E-state index in [-0.39, 0.29) is 36.5 Å². The van der Waals surface area contributed by atoms with Crippen molar-refractivity contribution in [2.75, 3.05) is 0 Å². The predicted molar refractivity (Wildman–Crippen MR) is 41.5 cm³/mol. The molecule has 0 aromatic rings. The molecule has 0 aliphatic heterocycles. The summed E-state index contributed by atoms with van der Waals surface area (Å²) in [6.07, 6.45) is 4.98. The molecule has 0 bridgehead atoms. The molecule has 0 unspecified atom stereocenters. The first kappa shape index (κ1) is 12.4. The van der Waals surface area contributed by atoms with E-state index in [1.54, 1.807) is 0 Å². The molecule has 1 fully saturated rings. The molecule has 0 aromatic carbocycles. The van der Waals surface area contributed by atoms with E-state index in [1.165, 1.54) is 6.08 Å². The largest absolute Gasteiger partial charge is 2.00 e. The van der Waals surface area contributed by atoms with Crippen LogP contribution >= 0.6 is 0 Å². The second-order valence-corrected chi connectivity index (χ2v) is 3.66. The first-order valence-electron chi connectivity index (χ1n) is 4.31. The van der Waals surface area contributed by atoms with Gasteiger partial charge >= 0.3 is 37.3 Å². The zero-order chi connectivity index (χ0) is 9.53. The van der Waals surface area contributed by atoms with Gasteiger partial charge in [-0.3, -0.25) is 6.08 Å². The maximum absolute atomic E-state index is 11.8. The van der Waals surface area contributed by atoms with Gasteiger partial charge in [-0.25, -0.2) is 0 Å². The number of rotatable bonds is 1. The van der Waals surface area contributed by atoms with E-state index in [9.17, 15) is 13.2 Å². The molecule has 2 rings (SSSR count). The molecule has 0 amide bonds. The first-order valence-corrected chi connectivity index (χ1v) is 4.31. The Morgan fingerprint density at radius 2 is 1.93 bits per heavy atom. The summed E-state index contributed by atoms with van der Waals surface area (Å²) >= 11 is 0. The molecule has 2 aliphatic carbocycles. The second-order valence-electron chi connectivity index (χ2n) is 3.66. The summed E-state index contributed by atoms with van der Waals surface area (Å²) in [5.74, 6) is 0. The molecular weight excluding hydrogens is 415 g/mol. The van der Waals surface area contributed by atoms with E-state index in [4.69, 9.17) is 0 Å². The Hall–Kier alpha value is 0.322. The number of halogens is 3. The third kappa shape index (κ3) is 2.67. The zero-order valence-electron chi connectivity index (χ0n) is 7.54. The van der Waals surface area contributed by atoms with E-state index in [2.05, 4.69) is 6.08 Å². The Labute approximate surface area is 105 Å². The van der Waals surface area contributed by atoms with Crippen LogP contribution in [0.15, 0.2) is 11.6 Å². The molecule has 0 heterocycles. The van der Waals surface area contributed by atoms with Crippen LogP contribution in [0.2, 0.25) is 0 Å². The van der Waals surface area contributed by atoms with Gasteiger partial charge in [-0.1, -0.05) is 19.3 Å². The summed E-state index contributed by atoms with van der Waals surface area (Å²) in [7, 11) is 0. The van der Waals surface area contributed by atoms with Crippen molar-refractivity contribution < 1.29 is 44.3 Å². The van der Waals surface area contributed by atoms with Gasteiger partial charge in [-0.2, -0.15) is 13.2 Å². The van der Waals surface area contributed by atoms with Crippen molar-refractivity contribution in [2.24, 2.45) is 5.41 Å². The average molecular weight is 424 g/mol. The number of alkyl halides is 3. The van der Waals surface area contributed by atoms with Gasteiger partial charge in [-0.15, -0.1) is 11.8 Å². The minimum absolute atomic E-state index is 0. The van der Waals surface area contributed by atoms with Gasteiger partial charge in [0.2, 0.25) is 0 Å². The van der Waals surface area contributed by atoms with Gasteiger partial charge in [-0.05, 0) is 0 Å². The van der Waals surface area contributed by atoms with Crippen LogP contribution in [-0.4, -0.2) is 6.18 Å². The Morgan fingerprint density at radius 1 is 1.29 bits per heavy atom. The molecule has 0 atom stereocenters. The van der Waals surface area contributed by atoms with Crippen LogP contribution in [0.5, 0.6) is 0 Å². The summed E-state index contributed by atoms with van der Waals surface area (Å²) in [4.78, 5) is 0. The van der Waals surface area contributed by atoms with Crippen molar-refractivity contribution >= 4 is 0 Å². The predicted octanol–water partition coefficient (Wildman–Crippen LogP) is 3.21. The number of hydrogen-bond donors (Lipinski definition) is 0. The third-order valence-electron chi connectivity index (χ3n) is 2.72. The van der Waals surface area contributed by atoms with Crippen LogP contribution in [-0.2, 0) is 0 Å². The molecule has 14 heavy (non-hydrogen) atoms. The van der Waals surface area contributed by atoms with Crippen molar-refractivity contribution in [3.05, 3.63) is 23.8 Å². The fourth-order valence-electron chi connectivity index (χ4n) is 1.79. The van der Waals surface area contributed by atoms with Gasteiger partial charge in [0.25, 0.3) is 0 Å². The Kier molecular flexibility index (Phi) is 3.59. The van der Waals surface area contributed by atoms with Crippen LogP contribution in [0.4, 0.5) is 13.2 Å². The molecule has 0 aromatic heterocycles. The van der Waals surface area contributed by atoms with Crippen molar-refractivity contribution in [2.45, 2.75) is 31.9 Å². The monoisotopic (exact) mass is 424 g/mol. The number of allylic oxidation sites excluding steroid dienone is 4. The fraction of sp³-hybridized carbons (Fsp3) is 0.600. The van der Waals surface area contributed by atoms with Crippen molar-refractivity contribution in [3.8, 4) is 0 Å². The Bertz CT molecular complexity index is 272. The zero-order valence-corrected chi connectivity index (χ0v) is 11.7. The summed E-state index contributed by atoms with van der Waals surface area (Å²) in [6.45, 7) is 0. The van der Waals surface area contributed by atoms with Crippen molar-refractivity contribution in [3.63, 3.8) is 0 Å². The first-order chi connectivity index (χ1) is 6.02. The van der Waals surface area contributed by atoms with E-state index >= 15 is 0 Å². The van der Waals surface area contributed by atoms with Crippen molar-refractivity contribution in [1.29, 1.82) is 0 Å². The minimum atomic E-state index is -4.31. The average Bonchev–Trinajstić information content (AvgIpc) is 2.60. The SMILES string of the molecule is FC(F)(F)[C-]=CC1=[C-]CCC12CC2.[U+2]. The van der Waals surface area contributed by atoms with Gasteiger partial charge in [0, 0.05) is 0 Å². The smallest absolute Gasteiger partial charge is 0.379 e. The molecular formula is C10H9F3U. The van der Waals surface area contributed by atoms with Gasteiger partial charge in [0.05, 0.1) is 0 Å². The summed E-state index contributed by atoms with van der Waals surface area (Å²) in [5, 5.41) is 0. The van der Waals surface area contributed by atoms with Gasteiger partial charge in [0.15, 0.2) is 0 Å². The molecule has 0 N–H and O–H groups in total. The molecule has 1 spiro atoms. The quantitative estimate of drug-likeness (QED) is 0.568. The van der Waals surface area contributed by atoms with E-state index in [0.717, 1.165) is 37.3 Å². The maximum Gasteiger partial charge on any atom is 2.00 e. The normalized spacial score (nSPS) is 23.8. The summed E-state index contributed by atoms with van der Waals surface area (Å²) in [6, 6.07) is 0. The molecule has 74 valence electrons. The molecule has 4 heteroatoms. The number of hydrogen-bond acceptors (Lipinski definition) is 0. The van der Waals surface area contributed by atoms with Crippen LogP contribution in [0, 0.1) is 48.7 Å². The second kappa shape index (κ2) is 4.06. The van der Waals surface area contributed by atoms with Crippen LogP contribution in [0.1, 0.15) is 25.7 Å². The summed E-state index contributed by atoms with van der Waals surface area (Å²) in [5.41, 5.74) is 0.794. The topological polar surface area (TPSA) is 0 Å². The van der Waals surface area contributed by atoms with Gasteiger partial charge in [0.1, 0.15) is 0 Å². The third-order valence-corrected chi connectivity index (χ3v) is 2.72. The van der Waals surface area contributed by atoms with E-state index in [1.807, 2.05) is 0 Å². The van der Waals surface area contributed by atoms with Crippen LogP contribution < -0.4 is 0 Å².